The number of fused-ring (bicyclic) bond motifs is 1. The lowest BCUT2D eigenvalue weighted by Crippen LogP contribution is -2.36. The first kappa shape index (κ1) is 19.2. The SMILES string of the molecule is COC[C@@H]1CCCN(Cc2cn(-c3ccccc3)nc2-c2ccc3c(c2)OCO3)C1. The molecule has 5 rings (SSSR count). The number of aromatic nitrogens is 2. The Morgan fingerprint density at radius 2 is 1.97 bits per heavy atom. The van der Waals surface area contributed by atoms with Crippen molar-refractivity contribution in [3.05, 3.63) is 60.3 Å². The molecular formula is C24H27N3O3. The summed E-state index contributed by atoms with van der Waals surface area (Å²) in [5.74, 6) is 2.17. The minimum atomic E-state index is 0.277. The van der Waals surface area contributed by atoms with Gasteiger partial charge in [-0.05, 0) is 55.6 Å². The van der Waals surface area contributed by atoms with Crippen molar-refractivity contribution in [3.8, 4) is 28.4 Å². The molecule has 3 heterocycles. The first-order valence-electron chi connectivity index (χ1n) is 10.6. The van der Waals surface area contributed by atoms with E-state index in [1.807, 2.05) is 35.0 Å². The number of piperidine rings is 1. The van der Waals surface area contributed by atoms with Crippen molar-refractivity contribution in [2.45, 2.75) is 19.4 Å². The molecule has 2 aromatic carbocycles. The standard InChI is InChI=1S/C24H27N3O3/c1-28-16-18-6-5-11-26(13-18)14-20-15-27(21-7-3-2-4-8-21)25-24(20)19-9-10-22-23(12-19)30-17-29-22/h2-4,7-10,12,15,18H,5-6,11,13-14,16-17H2,1H3/t18-/m1/s1. The maximum absolute atomic E-state index is 5.60. The zero-order chi connectivity index (χ0) is 20.3. The van der Waals surface area contributed by atoms with Crippen molar-refractivity contribution >= 4 is 0 Å². The van der Waals surface area contributed by atoms with E-state index in [2.05, 4.69) is 29.3 Å². The van der Waals surface area contributed by atoms with Gasteiger partial charge in [-0.1, -0.05) is 18.2 Å². The molecule has 1 fully saturated rings. The van der Waals surface area contributed by atoms with Gasteiger partial charge >= 0.3 is 0 Å². The van der Waals surface area contributed by atoms with Crippen LogP contribution in [0.2, 0.25) is 0 Å². The highest BCUT2D eigenvalue weighted by atomic mass is 16.7. The molecule has 0 unspecified atom stereocenters. The molecule has 0 saturated carbocycles. The molecule has 156 valence electrons. The average Bonchev–Trinajstić information content (AvgIpc) is 3.41. The molecule has 3 aromatic rings. The Labute approximate surface area is 177 Å². The minimum absolute atomic E-state index is 0.277. The van der Waals surface area contributed by atoms with Crippen LogP contribution in [-0.2, 0) is 11.3 Å². The second kappa shape index (κ2) is 8.50. The molecule has 0 amide bonds. The molecule has 2 aliphatic rings. The number of hydrogen-bond acceptors (Lipinski definition) is 5. The van der Waals surface area contributed by atoms with Gasteiger partial charge in [-0.15, -0.1) is 0 Å². The summed E-state index contributed by atoms with van der Waals surface area (Å²) in [5.41, 5.74) is 4.32. The fourth-order valence-electron chi connectivity index (χ4n) is 4.43. The number of ether oxygens (including phenoxy) is 3. The van der Waals surface area contributed by atoms with Crippen molar-refractivity contribution < 1.29 is 14.2 Å². The van der Waals surface area contributed by atoms with Crippen LogP contribution in [0.5, 0.6) is 11.5 Å². The first-order valence-corrected chi connectivity index (χ1v) is 10.6. The summed E-state index contributed by atoms with van der Waals surface area (Å²) in [6.07, 6.45) is 4.61. The molecule has 0 bridgehead atoms. The van der Waals surface area contributed by atoms with Gasteiger partial charge in [0, 0.05) is 37.5 Å². The van der Waals surface area contributed by atoms with Crippen LogP contribution >= 0.6 is 0 Å². The molecule has 6 heteroatoms. The fraction of sp³-hybridized carbons (Fsp3) is 0.375. The molecule has 0 spiro atoms. The van der Waals surface area contributed by atoms with E-state index >= 15 is 0 Å². The molecule has 2 aliphatic heterocycles. The summed E-state index contributed by atoms with van der Waals surface area (Å²) in [5, 5.41) is 4.97. The Kier molecular flexibility index (Phi) is 5.43. The highest BCUT2D eigenvalue weighted by molar-refractivity contribution is 5.67. The lowest BCUT2D eigenvalue weighted by Gasteiger charge is -2.32. The number of hydrogen-bond donors (Lipinski definition) is 0. The molecule has 1 aromatic heterocycles. The Morgan fingerprint density at radius 3 is 2.83 bits per heavy atom. The normalized spacial score (nSPS) is 18.6. The van der Waals surface area contributed by atoms with Crippen LogP contribution < -0.4 is 9.47 Å². The Bertz CT molecular complexity index is 1000. The van der Waals surface area contributed by atoms with E-state index in [4.69, 9.17) is 19.3 Å². The Morgan fingerprint density at radius 1 is 1.10 bits per heavy atom. The largest absolute Gasteiger partial charge is 0.454 e. The van der Waals surface area contributed by atoms with Crippen molar-refractivity contribution in [2.75, 3.05) is 33.6 Å². The second-order valence-corrected chi connectivity index (χ2v) is 8.05. The van der Waals surface area contributed by atoms with E-state index in [1.54, 1.807) is 7.11 Å². The molecule has 1 saturated heterocycles. The van der Waals surface area contributed by atoms with Gasteiger partial charge in [0.2, 0.25) is 6.79 Å². The number of methoxy groups -OCH3 is 1. The summed E-state index contributed by atoms with van der Waals surface area (Å²) in [6, 6.07) is 16.3. The van der Waals surface area contributed by atoms with Crippen molar-refractivity contribution in [2.24, 2.45) is 5.92 Å². The zero-order valence-electron chi connectivity index (χ0n) is 17.3. The topological polar surface area (TPSA) is 48.8 Å². The quantitative estimate of drug-likeness (QED) is 0.617. The molecular weight excluding hydrogens is 378 g/mol. The Balaban J connectivity index is 1.48. The van der Waals surface area contributed by atoms with Gasteiger partial charge in [0.1, 0.15) is 0 Å². The summed E-state index contributed by atoms with van der Waals surface area (Å²) in [6.45, 7) is 4.15. The van der Waals surface area contributed by atoms with Gasteiger partial charge < -0.3 is 14.2 Å². The van der Waals surface area contributed by atoms with Gasteiger partial charge in [-0.2, -0.15) is 5.10 Å². The van der Waals surface area contributed by atoms with E-state index in [0.29, 0.717) is 5.92 Å². The number of likely N-dealkylation sites (tertiary alicyclic amines) is 1. The number of nitrogens with zero attached hydrogens (tertiary/aromatic N) is 3. The van der Waals surface area contributed by atoms with Crippen molar-refractivity contribution in [1.29, 1.82) is 0 Å². The van der Waals surface area contributed by atoms with Gasteiger partial charge in [0.15, 0.2) is 11.5 Å². The van der Waals surface area contributed by atoms with Gasteiger partial charge in [-0.3, -0.25) is 4.90 Å². The summed E-state index contributed by atoms with van der Waals surface area (Å²) >= 11 is 0. The predicted molar refractivity (Wildman–Crippen MR) is 115 cm³/mol. The third-order valence-corrected chi connectivity index (χ3v) is 5.86. The molecule has 6 nitrogen and oxygen atoms in total. The number of benzene rings is 2. The van der Waals surface area contributed by atoms with Crippen molar-refractivity contribution in [1.82, 2.24) is 14.7 Å². The number of para-hydroxylation sites is 1. The monoisotopic (exact) mass is 405 g/mol. The van der Waals surface area contributed by atoms with Gasteiger partial charge in [-0.25, -0.2) is 4.68 Å². The third kappa shape index (κ3) is 3.93. The van der Waals surface area contributed by atoms with E-state index < -0.39 is 0 Å². The van der Waals surface area contributed by atoms with Crippen LogP contribution in [0.15, 0.2) is 54.7 Å². The molecule has 0 aliphatic carbocycles. The van der Waals surface area contributed by atoms with E-state index in [1.165, 1.54) is 18.4 Å². The van der Waals surface area contributed by atoms with Crippen LogP contribution in [0.1, 0.15) is 18.4 Å². The highest BCUT2D eigenvalue weighted by Gasteiger charge is 2.23. The highest BCUT2D eigenvalue weighted by Crippen LogP contribution is 2.37. The van der Waals surface area contributed by atoms with E-state index in [9.17, 15) is 0 Å². The number of rotatable bonds is 6. The van der Waals surface area contributed by atoms with Crippen LogP contribution in [-0.4, -0.2) is 48.3 Å². The third-order valence-electron chi connectivity index (χ3n) is 5.86. The minimum Gasteiger partial charge on any atom is -0.454 e. The average molecular weight is 405 g/mol. The van der Waals surface area contributed by atoms with E-state index in [-0.39, 0.29) is 6.79 Å². The lowest BCUT2D eigenvalue weighted by atomic mass is 9.98. The molecule has 30 heavy (non-hydrogen) atoms. The maximum atomic E-state index is 5.60. The van der Waals surface area contributed by atoms with Crippen LogP contribution in [0.4, 0.5) is 0 Å². The fourth-order valence-corrected chi connectivity index (χ4v) is 4.43. The zero-order valence-corrected chi connectivity index (χ0v) is 17.3. The summed E-state index contributed by atoms with van der Waals surface area (Å²) in [7, 11) is 1.79. The van der Waals surface area contributed by atoms with Gasteiger partial charge in [0.05, 0.1) is 18.0 Å². The van der Waals surface area contributed by atoms with Gasteiger partial charge in [0.25, 0.3) is 0 Å². The maximum Gasteiger partial charge on any atom is 0.231 e. The first-order chi connectivity index (χ1) is 14.8. The predicted octanol–water partition coefficient (Wildman–Crippen LogP) is 4.13. The van der Waals surface area contributed by atoms with Crippen LogP contribution in [0.25, 0.3) is 16.9 Å². The molecule has 0 N–H and O–H groups in total. The van der Waals surface area contributed by atoms with Crippen LogP contribution in [0.3, 0.4) is 0 Å². The summed E-state index contributed by atoms with van der Waals surface area (Å²) < 4.78 is 18.5. The summed E-state index contributed by atoms with van der Waals surface area (Å²) in [4.78, 5) is 2.52. The van der Waals surface area contributed by atoms with E-state index in [0.717, 1.165) is 54.7 Å². The lowest BCUT2D eigenvalue weighted by molar-refractivity contribution is 0.0874. The molecule has 1 atom stereocenters. The smallest absolute Gasteiger partial charge is 0.231 e. The van der Waals surface area contributed by atoms with Crippen LogP contribution in [0, 0.1) is 5.92 Å². The molecule has 0 radical (unpaired) electrons. The van der Waals surface area contributed by atoms with Crippen molar-refractivity contribution in [3.63, 3.8) is 0 Å². The second-order valence-electron chi connectivity index (χ2n) is 8.05. The Hall–Kier alpha value is -2.83.